The number of aldehydes is 1. The second-order valence-electron chi connectivity index (χ2n) is 2.84. The fourth-order valence-corrected chi connectivity index (χ4v) is 0.715. The molecule has 0 amide bonds. The molecule has 2 nitrogen and oxygen atoms in total. The number of rotatable bonds is 3. The zero-order chi connectivity index (χ0) is 9.33. The summed E-state index contributed by atoms with van der Waals surface area (Å²) in [6, 6.07) is 0. The van der Waals surface area contributed by atoms with E-state index in [1.807, 2.05) is 13.8 Å². The molecule has 1 atom stereocenters. The molecule has 0 aromatic carbocycles. The summed E-state index contributed by atoms with van der Waals surface area (Å²) < 4.78 is 0. The predicted octanol–water partition coefficient (Wildman–Crippen LogP) is 2.15. The summed E-state index contributed by atoms with van der Waals surface area (Å²) in [6.07, 6.45) is 3.60. The third kappa shape index (κ3) is 12.8. The van der Waals surface area contributed by atoms with Crippen molar-refractivity contribution in [2.45, 2.75) is 52.6 Å². The maximum absolute atomic E-state index is 9.32. The summed E-state index contributed by atoms with van der Waals surface area (Å²) in [4.78, 5) is 8.81. The lowest BCUT2D eigenvalue weighted by molar-refractivity contribution is -0.106. The first-order chi connectivity index (χ1) is 5.04. The maximum atomic E-state index is 9.32. The minimum absolute atomic E-state index is 0.408. The molecule has 0 aromatic rings. The van der Waals surface area contributed by atoms with Gasteiger partial charge in [0, 0.05) is 0 Å². The van der Waals surface area contributed by atoms with Crippen molar-refractivity contribution in [1.82, 2.24) is 0 Å². The lowest BCUT2D eigenvalue weighted by atomic mass is 9.98. The fourth-order valence-electron chi connectivity index (χ4n) is 0.715. The molecule has 0 bridgehead atoms. The van der Waals surface area contributed by atoms with Crippen LogP contribution in [0.4, 0.5) is 0 Å². The molecule has 0 fully saturated rings. The minimum Gasteiger partial charge on any atom is -0.390 e. The van der Waals surface area contributed by atoms with Gasteiger partial charge >= 0.3 is 0 Å². The standard InChI is InChI=1S/C7H16O.C2H4O/c1-4-6-7(3,8)5-2;1-2-3/h8H,4-6H2,1-3H3;2H,1H3. The van der Waals surface area contributed by atoms with Crippen LogP contribution in [0.15, 0.2) is 0 Å². The van der Waals surface area contributed by atoms with E-state index in [4.69, 9.17) is 4.79 Å². The van der Waals surface area contributed by atoms with Crippen LogP contribution in [-0.2, 0) is 4.79 Å². The van der Waals surface area contributed by atoms with Gasteiger partial charge in [-0.3, -0.25) is 0 Å². The Labute approximate surface area is 69.6 Å². The first-order valence-corrected chi connectivity index (χ1v) is 4.16. The van der Waals surface area contributed by atoms with Gasteiger partial charge < -0.3 is 9.90 Å². The molecule has 0 saturated carbocycles. The van der Waals surface area contributed by atoms with Gasteiger partial charge in [0.15, 0.2) is 0 Å². The average Bonchev–Trinajstić information content (AvgIpc) is 1.90. The number of carbonyl (C=O) groups excluding carboxylic acids is 1. The molecule has 0 aliphatic carbocycles. The van der Waals surface area contributed by atoms with E-state index in [-0.39, 0.29) is 0 Å². The Morgan fingerprint density at radius 1 is 1.45 bits per heavy atom. The van der Waals surface area contributed by atoms with Gasteiger partial charge in [0.05, 0.1) is 5.60 Å². The monoisotopic (exact) mass is 160 g/mol. The van der Waals surface area contributed by atoms with E-state index < -0.39 is 5.60 Å². The van der Waals surface area contributed by atoms with E-state index in [0.717, 1.165) is 25.5 Å². The average molecular weight is 160 g/mol. The highest BCUT2D eigenvalue weighted by atomic mass is 16.3. The topological polar surface area (TPSA) is 37.3 Å². The maximum Gasteiger partial charge on any atom is 0.116 e. The smallest absolute Gasteiger partial charge is 0.116 e. The van der Waals surface area contributed by atoms with E-state index in [2.05, 4.69) is 6.92 Å². The van der Waals surface area contributed by atoms with Crippen LogP contribution in [0.2, 0.25) is 0 Å². The SMILES string of the molecule is CC=O.CCCC(C)(O)CC. The fraction of sp³-hybridized carbons (Fsp3) is 0.889. The highest BCUT2D eigenvalue weighted by Gasteiger charge is 2.14. The van der Waals surface area contributed by atoms with Crippen molar-refractivity contribution in [3.63, 3.8) is 0 Å². The molecule has 11 heavy (non-hydrogen) atoms. The molecule has 0 aliphatic rings. The van der Waals surface area contributed by atoms with Gasteiger partial charge in [0.1, 0.15) is 6.29 Å². The lowest BCUT2D eigenvalue weighted by Gasteiger charge is -2.19. The predicted molar refractivity (Wildman–Crippen MR) is 47.6 cm³/mol. The molecule has 0 aliphatic heterocycles. The van der Waals surface area contributed by atoms with Crippen LogP contribution < -0.4 is 0 Å². The van der Waals surface area contributed by atoms with Gasteiger partial charge in [-0.15, -0.1) is 0 Å². The highest BCUT2D eigenvalue weighted by molar-refractivity contribution is 5.44. The van der Waals surface area contributed by atoms with Gasteiger partial charge in [0.25, 0.3) is 0 Å². The number of aliphatic hydroxyl groups is 1. The second-order valence-corrected chi connectivity index (χ2v) is 2.84. The molecule has 0 saturated heterocycles. The summed E-state index contributed by atoms with van der Waals surface area (Å²) in [5, 5.41) is 9.32. The first kappa shape index (κ1) is 13.2. The van der Waals surface area contributed by atoms with Crippen LogP contribution in [0.25, 0.3) is 0 Å². The quantitative estimate of drug-likeness (QED) is 0.642. The zero-order valence-corrected chi connectivity index (χ0v) is 8.05. The van der Waals surface area contributed by atoms with Gasteiger partial charge in [-0.2, -0.15) is 0 Å². The Morgan fingerprint density at radius 2 is 1.82 bits per heavy atom. The third-order valence-corrected chi connectivity index (χ3v) is 1.55. The van der Waals surface area contributed by atoms with Crippen molar-refractivity contribution in [2.24, 2.45) is 0 Å². The second kappa shape index (κ2) is 7.73. The number of hydrogen-bond acceptors (Lipinski definition) is 2. The van der Waals surface area contributed by atoms with Crippen molar-refractivity contribution in [3.8, 4) is 0 Å². The molecular weight excluding hydrogens is 140 g/mol. The largest absolute Gasteiger partial charge is 0.390 e. The van der Waals surface area contributed by atoms with Crippen molar-refractivity contribution >= 4 is 6.29 Å². The van der Waals surface area contributed by atoms with Crippen LogP contribution >= 0.6 is 0 Å². The molecule has 0 rings (SSSR count). The van der Waals surface area contributed by atoms with Crippen molar-refractivity contribution in [2.75, 3.05) is 0 Å². The molecular formula is C9H20O2. The van der Waals surface area contributed by atoms with Crippen LogP contribution in [0, 0.1) is 0 Å². The molecule has 1 unspecified atom stereocenters. The molecule has 0 radical (unpaired) electrons. The van der Waals surface area contributed by atoms with Crippen molar-refractivity contribution < 1.29 is 9.90 Å². The van der Waals surface area contributed by atoms with Crippen LogP contribution in [0.3, 0.4) is 0 Å². The van der Waals surface area contributed by atoms with Crippen LogP contribution in [0.5, 0.6) is 0 Å². The first-order valence-electron chi connectivity index (χ1n) is 4.16. The Morgan fingerprint density at radius 3 is 1.91 bits per heavy atom. The molecule has 0 aromatic heterocycles. The van der Waals surface area contributed by atoms with E-state index in [0.29, 0.717) is 0 Å². The van der Waals surface area contributed by atoms with Crippen LogP contribution in [0.1, 0.15) is 47.0 Å². The van der Waals surface area contributed by atoms with Crippen LogP contribution in [-0.4, -0.2) is 17.0 Å². The van der Waals surface area contributed by atoms with Crippen molar-refractivity contribution in [3.05, 3.63) is 0 Å². The summed E-state index contributed by atoms with van der Waals surface area (Å²) in [7, 11) is 0. The van der Waals surface area contributed by atoms with E-state index in [1.54, 1.807) is 0 Å². The van der Waals surface area contributed by atoms with Gasteiger partial charge in [0.2, 0.25) is 0 Å². The van der Waals surface area contributed by atoms with Gasteiger partial charge in [-0.05, 0) is 26.7 Å². The summed E-state index contributed by atoms with van der Waals surface area (Å²) >= 11 is 0. The Hall–Kier alpha value is -0.370. The molecule has 68 valence electrons. The van der Waals surface area contributed by atoms with Gasteiger partial charge in [-0.1, -0.05) is 20.3 Å². The Balaban J connectivity index is 0. The molecule has 1 N–H and O–H groups in total. The van der Waals surface area contributed by atoms with E-state index >= 15 is 0 Å². The normalized spacial score (nSPS) is 14.3. The number of hydrogen-bond donors (Lipinski definition) is 1. The minimum atomic E-state index is -0.408. The summed E-state index contributed by atoms with van der Waals surface area (Å²) in [5.41, 5.74) is -0.408. The van der Waals surface area contributed by atoms with Gasteiger partial charge in [-0.25, -0.2) is 0 Å². The lowest BCUT2D eigenvalue weighted by Crippen LogP contribution is -2.21. The van der Waals surface area contributed by atoms with E-state index in [1.165, 1.54) is 6.92 Å². The molecule has 2 heteroatoms. The Bertz CT molecular complexity index is 87.6. The van der Waals surface area contributed by atoms with Crippen molar-refractivity contribution in [1.29, 1.82) is 0 Å². The van der Waals surface area contributed by atoms with E-state index in [9.17, 15) is 5.11 Å². The molecule has 0 spiro atoms. The molecule has 0 heterocycles. The Kier molecular flexibility index (Phi) is 9.31. The highest BCUT2D eigenvalue weighted by Crippen LogP contribution is 2.14. The summed E-state index contributed by atoms with van der Waals surface area (Å²) in [6.45, 7) is 7.43. The summed E-state index contributed by atoms with van der Waals surface area (Å²) in [5.74, 6) is 0. The number of carbonyl (C=O) groups is 1. The zero-order valence-electron chi connectivity index (χ0n) is 8.05. The third-order valence-electron chi connectivity index (χ3n) is 1.55.